The minimum Gasteiger partial charge on any atom is -0.462 e. The van der Waals surface area contributed by atoms with E-state index < -0.39 is 0 Å². The molecule has 1 N–H and O–H groups in total. The number of nitrogens with zero attached hydrogens (tertiary/aromatic N) is 2. The van der Waals surface area contributed by atoms with Gasteiger partial charge in [0.2, 0.25) is 0 Å². The normalized spacial score (nSPS) is 10.6. The first-order valence-electron chi connectivity index (χ1n) is 8.61. The lowest BCUT2D eigenvalue weighted by atomic mass is 10.1. The fraction of sp³-hybridized carbons (Fsp3) is 0.238. The topological polar surface area (TPSA) is 54.5 Å². The Morgan fingerprint density at radius 1 is 1.15 bits per heavy atom. The Kier molecular flexibility index (Phi) is 5.07. The molecule has 1 aromatic heterocycles. The molecule has 0 saturated heterocycles. The average molecular weight is 349 g/mol. The van der Waals surface area contributed by atoms with E-state index in [-0.39, 0.29) is 5.97 Å². The standard InChI is InChI=1S/C21H23N3O2/c1-5-26-21(25)16-13-22-20-15(10-8-12-18(20)24(3)4)19(16)23-17-11-7-6-9-14(17)2/h6-13H,5H2,1-4H3,(H,22,23). The van der Waals surface area contributed by atoms with Crippen molar-refractivity contribution in [1.29, 1.82) is 0 Å². The monoisotopic (exact) mass is 349 g/mol. The highest BCUT2D eigenvalue weighted by atomic mass is 16.5. The fourth-order valence-electron chi connectivity index (χ4n) is 2.91. The van der Waals surface area contributed by atoms with Gasteiger partial charge in [0.1, 0.15) is 5.56 Å². The van der Waals surface area contributed by atoms with Gasteiger partial charge in [-0.1, -0.05) is 30.3 Å². The quantitative estimate of drug-likeness (QED) is 0.686. The van der Waals surface area contributed by atoms with Gasteiger partial charge in [-0.15, -0.1) is 0 Å². The summed E-state index contributed by atoms with van der Waals surface area (Å²) >= 11 is 0. The molecule has 0 aliphatic heterocycles. The fourth-order valence-corrected chi connectivity index (χ4v) is 2.91. The third-order valence-electron chi connectivity index (χ3n) is 4.26. The number of fused-ring (bicyclic) bond motifs is 1. The number of rotatable bonds is 5. The minimum atomic E-state index is -0.381. The highest BCUT2D eigenvalue weighted by Crippen LogP contribution is 2.34. The van der Waals surface area contributed by atoms with Gasteiger partial charge in [0.25, 0.3) is 0 Å². The molecular formula is C21H23N3O2. The summed E-state index contributed by atoms with van der Waals surface area (Å²) < 4.78 is 5.23. The molecule has 2 aromatic carbocycles. The van der Waals surface area contributed by atoms with Crippen LogP contribution >= 0.6 is 0 Å². The number of para-hydroxylation sites is 2. The number of hydrogen-bond acceptors (Lipinski definition) is 5. The van der Waals surface area contributed by atoms with Gasteiger partial charge >= 0.3 is 5.97 Å². The predicted octanol–water partition coefficient (Wildman–Crippen LogP) is 4.53. The van der Waals surface area contributed by atoms with Crippen LogP contribution in [0.25, 0.3) is 10.9 Å². The minimum absolute atomic E-state index is 0.318. The number of nitrogens with one attached hydrogen (secondary N) is 1. The van der Waals surface area contributed by atoms with Crippen molar-refractivity contribution in [2.24, 2.45) is 0 Å². The Morgan fingerprint density at radius 2 is 1.92 bits per heavy atom. The van der Waals surface area contributed by atoms with E-state index in [1.54, 1.807) is 13.1 Å². The van der Waals surface area contributed by atoms with Gasteiger partial charge in [0.05, 0.1) is 23.5 Å². The van der Waals surface area contributed by atoms with Crippen LogP contribution in [0.1, 0.15) is 22.8 Å². The maximum atomic E-state index is 12.5. The number of esters is 1. The van der Waals surface area contributed by atoms with Crippen LogP contribution < -0.4 is 10.2 Å². The van der Waals surface area contributed by atoms with E-state index in [9.17, 15) is 4.79 Å². The molecule has 0 radical (unpaired) electrons. The van der Waals surface area contributed by atoms with Crippen molar-refractivity contribution in [2.45, 2.75) is 13.8 Å². The summed E-state index contributed by atoms with van der Waals surface area (Å²) in [6, 6.07) is 13.9. The third kappa shape index (κ3) is 3.33. The molecule has 0 saturated carbocycles. The summed E-state index contributed by atoms with van der Waals surface area (Å²) in [5.74, 6) is -0.381. The second-order valence-corrected chi connectivity index (χ2v) is 6.27. The molecule has 0 spiro atoms. The number of aromatic nitrogens is 1. The van der Waals surface area contributed by atoms with Crippen molar-refractivity contribution in [3.05, 3.63) is 59.8 Å². The van der Waals surface area contributed by atoms with E-state index in [1.165, 1.54) is 0 Å². The van der Waals surface area contributed by atoms with E-state index in [0.29, 0.717) is 17.9 Å². The van der Waals surface area contributed by atoms with E-state index in [1.807, 2.05) is 68.4 Å². The van der Waals surface area contributed by atoms with E-state index in [0.717, 1.165) is 27.8 Å². The van der Waals surface area contributed by atoms with Crippen molar-refractivity contribution in [3.63, 3.8) is 0 Å². The van der Waals surface area contributed by atoms with Gasteiger partial charge in [-0.05, 0) is 31.5 Å². The van der Waals surface area contributed by atoms with Gasteiger partial charge in [-0.3, -0.25) is 4.98 Å². The van der Waals surface area contributed by atoms with Crippen LogP contribution in [0.5, 0.6) is 0 Å². The first-order valence-corrected chi connectivity index (χ1v) is 8.61. The Bertz CT molecular complexity index is 951. The highest BCUT2D eigenvalue weighted by Gasteiger charge is 2.19. The maximum absolute atomic E-state index is 12.5. The van der Waals surface area contributed by atoms with Gasteiger partial charge in [0, 0.05) is 31.4 Å². The Labute approximate surface area is 153 Å². The van der Waals surface area contributed by atoms with Crippen LogP contribution in [0.4, 0.5) is 17.1 Å². The van der Waals surface area contributed by atoms with Crippen LogP contribution in [-0.4, -0.2) is 31.7 Å². The smallest absolute Gasteiger partial charge is 0.341 e. The maximum Gasteiger partial charge on any atom is 0.341 e. The Hall–Kier alpha value is -3.08. The SMILES string of the molecule is CCOC(=O)c1cnc2c(N(C)C)cccc2c1Nc1ccccc1C. The summed E-state index contributed by atoms with van der Waals surface area (Å²) in [7, 11) is 3.95. The number of aryl methyl sites for hydroxylation is 1. The zero-order valence-electron chi connectivity index (χ0n) is 15.5. The molecule has 0 fully saturated rings. The van der Waals surface area contributed by atoms with E-state index in [4.69, 9.17) is 4.74 Å². The number of anilines is 3. The lowest BCUT2D eigenvalue weighted by Crippen LogP contribution is -2.12. The lowest BCUT2D eigenvalue weighted by molar-refractivity contribution is 0.0527. The number of hydrogen-bond donors (Lipinski definition) is 1. The van der Waals surface area contributed by atoms with Crippen LogP contribution in [0.3, 0.4) is 0 Å². The predicted molar refractivity (Wildman–Crippen MR) is 106 cm³/mol. The highest BCUT2D eigenvalue weighted by molar-refractivity contribution is 6.08. The molecule has 0 unspecified atom stereocenters. The number of pyridine rings is 1. The van der Waals surface area contributed by atoms with E-state index in [2.05, 4.69) is 10.3 Å². The molecule has 5 nitrogen and oxygen atoms in total. The van der Waals surface area contributed by atoms with Crippen LogP contribution in [0.15, 0.2) is 48.7 Å². The van der Waals surface area contributed by atoms with E-state index >= 15 is 0 Å². The molecule has 5 heteroatoms. The zero-order valence-corrected chi connectivity index (χ0v) is 15.5. The van der Waals surface area contributed by atoms with Crippen molar-refractivity contribution in [2.75, 3.05) is 30.9 Å². The molecule has 0 aliphatic carbocycles. The molecule has 0 amide bonds. The Morgan fingerprint density at radius 3 is 2.62 bits per heavy atom. The van der Waals surface area contributed by atoms with Crippen LogP contribution in [0.2, 0.25) is 0 Å². The molecule has 1 heterocycles. The van der Waals surface area contributed by atoms with Gasteiger partial charge in [-0.25, -0.2) is 4.79 Å². The second kappa shape index (κ2) is 7.44. The molecule has 0 atom stereocenters. The average Bonchev–Trinajstić information content (AvgIpc) is 2.63. The van der Waals surface area contributed by atoms with Crippen molar-refractivity contribution in [1.82, 2.24) is 4.98 Å². The van der Waals surface area contributed by atoms with Gasteiger partial charge < -0.3 is 15.0 Å². The number of carbonyl (C=O) groups is 1. The molecule has 134 valence electrons. The van der Waals surface area contributed by atoms with Gasteiger partial charge in [-0.2, -0.15) is 0 Å². The first kappa shape index (κ1) is 17.7. The first-order chi connectivity index (χ1) is 12.5. The summed E-state index contributed by atoms with van der Waals surface area (Å²) in [6.07, 6.45) is 1.59. The van der Waals surface area contributed by atoms with Crippen LogP contribution in [-0.2, 0) is 4.74 Å². The van der Waals surface area contributed by atoms with Crippen molar-refractivity contribution in [3.8, 4) is 0 Å². The summed E-state index contributed by atoms with van der Waals surface area (Å²) in [5.41, 5.74) is 5.01. The molecule has 26 heavy (non-hydrogen) atoms. The number of carbonyl (C=O) groups excluding carboxylic acids is 1. The molecule has 0 bridgehead atoms. The zero-order chi connectivity index (χ0) is 18.7. The van der Waals surface area contributed by atoms with Crippen molar-refractivity contribution < 1.29 is 9.53 Å². The molecule has 3 rings (SSSR count). The number of ether oxygens (including phenoxy) is 1. The molecule has 0 aliphatic rings. The largest absolute Gasteiger partial charge is 0.462 e. The lowest BCUT2D eigenvalue weighted by Gasteiger charge is -2.19. The second-order valence-electron chi connectivity index (χ2n) is 6.27. The van der Waals surface area contributed by atoms with Crippen molar-refractivity contribution >= 4 is 33.9 Å². The summed E-state index contributed by atoms with van der Waals surface area (Å²) in [5, 5.41) is 4.31. The number of benzene rings is 2. The Balaban J connectivity index is 2.24. The summed E-state index contributed by atoms with van der Waals surface area (Å²) in [6.45, 7) is 4.14. The van der Waals surface area contributed by atoms with Crippen LogP contribution in [0, 0.1) is 6.92 Å². The molecular weight excluding hydrogens is 326 g/mol. The van der Waals surface area contributed by atoms with Gasteiger partial charge in [0.15, 0.2) is 0 Å². The molecule has 3 aromatic rings. The summed E-state index contributed by atoms with van der Waals surface area (Å²) in [4.78, 5) is 19.0. The third-order valence-corrected chi connectivity index (χ3v) is 4.26.